The lowest BCUT2D eigenvalue weighted by molar-refractivity contribution is -0.139. The van der Waals surface area contributed by atoms with E-state index in [1.165, 1.54) is 11.3 Å². The van der Waals surface area contributed by atoms with E-state index in [1.54, 1.807) is 18.4 Å². The van der Waals surface area contributed by atoms with Gasteiger partial charge < -0.3 is 9.30 Å². The molecule has 178 valence electrons. The summed E-state index contributed by atoms with van der Waals surface area (Å²) in [6.45, 7) is 8.78. The van der Waals surface area contributed by atoms with E-state index in [2.05, 4.69) is 34.8 Å². The van der Waals surface area contributed by atoms with Crippen LogP contribution in [0.1, 0.15) is 43.5 Å². The van der Waals surface area contributed by atoms with Gasteiger partial charge in [-0.3, -0.25) is 9.36 Å². The predicted molar refractivity (Wildman–Crippen MR) is 139 cm³/mol. The monoisotopic (exact) mass is 485 g/mol. The van der Waals surface area contributed by atoms with E-state index < -0.39 is 12.0 Å². The van der Waals surface area contributed by atoms with Crippen molar-refractivity contribution in [2.24, 2.45) is 4.99 Å². The van der Waals surface area contributed by atoms with E-state index >= 15 is 0 Å². The van der Waals surface area contributed by atoms with E-state index in [9.17, 15) is 9.59 Å². The molecule has 0 bridgehead atoms. The molecule has 5 rings (SSSR count). The van der Waals surface area contributed by atoms with E-state index in [4.69, 9.17) is 4.74 Å². The molecule has 4 aromatic rings. The minimum atomic E-state index is -0.593. The first kappa shape index (κ1) is 23.1. The van der Waals surface area contributed by atoms with Gasteiger partial charge in [-0.15, -0.1) is 0 Å². The number of nitrogens with zero attached hydrogens (tertiary/aromatic N) is 3. The number of hydrogen-bond acceptors (Lipinski definition) is 5. The van der Waals surface area contributed by atoms with Crippen LogP contribution in [0.15, 0.2) is 75.8 Å². The second-order valence-corrected chi connectivity index (χ2v) is 9.61. The first-order valence-electron chi connectivity index (χ1n) is 11.8. The summed E-state index contributed by atoms with van der Waals surface area (Å²) in [5.41, 5.74) is 4.88. The quantitative estimate of drug-likeness (QED) is 0.400. The number of benzene rings is 2. The highest BCUT2D eigenvalue weighted by Crippen LogP contribution is 2.31. The van der Waals surface area contributed by atoms with Gasteiger partial charge in [0.05, 0.1) is 28.5 Å². The first-order valence-corrected chi connectivity index (χ1v) is 12.6. The molecule has 2 aromatic heterocycles. The summed E-state index contributed by atoms with van der Waals surface area (Å²) in [5, 5.41) is 1.10. The zero-order valence-electron chi connectivity index (χ0n) is 20.2. The van der Waals surface area contributed by atoms with Crippen molar-refractivity contribution in [2.45, 2.75) is 40.3 Å². The Hall–Kier alpha value is -3.71. The predicted octanol–water partition coefficient (Wildman–Crippen LogP) is 4.08. The molecule has 0 spiro atoms. The van der Waals surface area contributed by atoms with Gasteiger partial charge in [-0.25, -0.2) is 9.79 Å². The van der Waals surface area contributed by atoms with Gasteiger partial charge in [-0.2, -0.15) is 0 Å². The summed E-state index contributed by atoms with van der Waals surface area (Å²) in [6.07, 6.45) is 4.02. The summed E-state index contributed by atoms with van der Waals surface area (Å²) >= 11 is 1.35. The smallest absolute Gasteiger partial charge is 0.338 e. The summed E-state index contributed by atoms with van der Waals surface area (Å²) < 4.78 is 9.77. The van der Waals surface area contributed by atoms with Crippen molar-refractivity contribution in [1.29, 1.82) is 0 Å². The Morgan fingerprint density at radius 2 is 1.86 bits per heavy atom. The van der Waals surface area contributed by atoms with Gasteiger partial charge in [0, 0.05) is 29.2 Å². The number of thiazole rings is 1. The zero-order valence-corrected chi connectivity index (χ0v) is 21.1. The number of hydrogen-bond donors (Lipinski definition) is 0. The summed E-state index contributed by atoms with van der Waals surface area (Å²) in [6, 6.07) is 15.5. The number of allylic oxidation sites excluding steroid dienone is 1. The minimum Gasteiger partial charge on any atom is -0.463 e. The SMILES string of the molecule is CCOC(=O)C1=C(C)N=c2sc(=Cc3cn(CC)c4ccccc34)c(=O)n2[C@H]1c1ccc(C)cc1. The molecule has 0 fully saturated rings. The summed E-state index contributed by atoms with van der Waals surface area (Å²) in [4.78, 5) is 32.1. The fourth-order valence-corrected chi connectivity index (χ4v) is 5.69. The summed E-state index contributed by atoms with van der Waals surface area (Å²) in [5.74, 6) is -0.445. The standard InChI is InChI=1S/C28H27N3O3S/c1-5-30-16-20(21-9-7-8-10-22(21)30)15-23-26(32)31-25(19-13-11-17(3)12-14-19)24(27(33)34-6-2)18(4)29-28(31)35-23/h7-16,25H,5-6H2,1-4H3/t25-/m0/s1. The Labute approximate surface area is 207 Å². The Morgan fingerprint density at radius 3 is 2.57 bits per heavy atom. The molecule has 0 saturated carbocycles. The Bertz CT molecular complexity index is 1650. The van der Waals surface area contributed by atoms with Crippen molar-refractivity contribution in [3.8, 4) is 0 Å². The molecule has 35 heavy (non-hydrogen) atoms. The van der Waals surface area contributed by atoms with Crippen LogP contribution in [0.4, 0.5) is 0 Å². The van der Waals surface area contributed by atoms with E-state index in [0.29, 0.717) is 20.6 Å². The van der Waals surface area contributed by atoms with Gasteiger partial charge in [-0.1, -0.05) is 59.4 Å². The van der Waals surface area contributed by atoms with Crippen LogP contribution in [-0.4, -0.2) is 21.7 Å². The molecule has 0 radical (unpaired) electrons. The lowest BCUT2D eigenvalue weighted by atomic mass is 9.95. The second-order valence-electron chi connectivity index (χ2n) is 8.60. The van der Waals surface area contributed by atoms with Gasteiger partial charge in [0.15, 0.2) is 4.80 Å². The minimum absolute atomic E-state index is 0.165. The van der Waals surface area contributed by atoms with Crippen LogP contribution in [0.5, 0.6) is 0 Å². The number of carbonyl (C=O) groups is 1. The largest absolute Gasteiger partial charge is 0.463 e. The Kier molecular flexibility index (Phi) is 6.03. The van der Waals surface area contributed by atoms with Crippen molar-refractivity contribution in [3.63, 3.8) is 0 Å². The number of para-hydroxylation sites is 1. The van der Waals surface area contributed by atoms with Crippen LogP contribution in [0.25, 0.3) is 17.0 Å². The van der Waals surface area contributed by atoms with Gasteiger partial charge >= 0.3 is 5.97 Å². The molecule has 0 saturated heterocycles. The number of aryl methyl sites for hydroxylation is 2. The molecule has 6 nitrogen and oxygen atoms in total. The van der Waals surface area contributed by atoms with Crippen LogP contribution < -0.4 is 14.9 Å². The normalized spacial score (nSPS) is 15.9. The third-order valence-corrected chi connectivity index (χ3v) is 7.34. The third kappa shape index (κ3) is 3.96. The molecule has 1 atom stereocenters. The van der Waals surface area contributed by atoms with Crippen molar-refractivity contribution >= 4 is 34.3 Å². The zero-order chi connectivity index (χ0) is 24.7. The topological polar surface area (TPSA) is 65.6 Å². The molecule has 0 aliphatic carbocycles. The maximum atomic E-state index is 13.8. The van der Waals surface area contributed by atoms with Crippen molar-refractivity contribution in [1.82, 2.24) is 9.13 Å². The highest BCUT2D eigenvalue weighted by atomic mass is 32.1. The van der Waals surface area contributed by atoms with Crippen LogP contribution in [-0.2, 0) is 16.1 Å². The van der Waals surface area contributed by atoms with E-state index in [0.717, 1.165) is 34.1 Å². The molecule has 2 aromatic carbocycles. The van der Waals surface area contributed by atoms with Crippen LogP contribution >= 0.6 is 11.3 Å². The molecule has 0 unspecified atom stereocenters. The Balaban J connectivity index is 1.75. The second kappa shape index (κ2) is 9.15. The highest BCUT2D eigenvalue weighted by molar-refractivity contribution is 7.07. The molecular formula is C28H27N3O3S. The van der Waals surface area contributed by atoms with Gasteiger partial charge in [-0.05, 0) is 45.4 Å². The van der Waals surface area contributed by atoms with Crippen molar-refractivity contribution in [2.75, 3.05) is 6.61 Å². The van der Waals surface area contributed by atoms with Crippen LogP contribution in [0, 0.1) is 6.92 Å². The van der Waals surface area contributed by atoms with Gasteiger partial charge in [0.1, 0.15) is 0 Å². The van der Waals surface area contributed by atoms with Crippen LogP contribution in [0.3, 0.4) is 0 Å². The average Bonchev–Trinajstić information content (AvgIpc) is 3.36. The maximum Gasteiger partial charge on any atom is 0.338 e. The highest BCUT2D eigenvalue weighted by Gasteiger charge is 2.33. The number of esters is 1. The molecule has 0 N–H and O–H groups in total. The van der Waals surface area contributed by atoms with Gasteiger partial charge in [0.25, 0.3) is 5.56 Å². The van der Waals surface area contributed by atoms with E-state index in [-0.39, 0.29) is 12.2 Å². The maximum absolute atomic E-state index is 13.8. The number of carbonyl (C=O) groups excluding carboxylic acids is 1. The number of ether oxygens (including phenoxy) is 1. The first-order chi connectivity index (χ1) is 16.9. The molecule has 0 amide bonds. The number of aromatic nitrogens is 2. The Morgan fingerprint density at radius 1 is 1.11 bits per heavy atom. The van der Waals surface area contributed by atoms with Crippen molar-refractivity contribution < 1.29 is 9.53 Å². The average molecular weight is 486 g/mol. The fourth-order valence-electron chi connectivity index (χ4n) is 4.65. The molecule has 7 heteroatoms. The molecular weight excluding hydrogens is 458 g/mol. The summed E-state index contributed by atoms with van der Waals surface area (Å²) in [7, 11) is 0. The van der Waals surface area contributed by atoms with Crippen molar-refractivity contribution in [3.05, 3.63) is 102 Å². The lowest BCUT2D eigenvalue weighted by Gasteiger charge is -2.24. The van der Waals surface area contributed by atoms with Crippen LogP contribution in [0.2, 0.25) is 0 Å². The van der Waals surface area contributed by atoms with E-state index in [1.807, 2.05) is 49.4 Å². The third-order valence-electron chi connectivity index (χ3n) is 6.36. The lowest BCUT2D eigenvalue weighted by Crippen LogP contribution is -2.39. The van der Waals surface area contributed by atoms with Gasteiger partial charge in [0.2, 0.25) is 0 Å². The molecule has 1 aliphatic rings. The fraction of sp³-hybridized carbons (Fsp3) is 0.250. The molecule has 3 heterocycles. The molecule has 1 aliphatic heterocycles. The number of rotatable bonds is 5. The number of fused-ring (bicyclic) bond motifs is 2.